The second-order valence-electron chi connectivity index (χ2n) is 6.06. The average Bonchev–Trinajstić information content (AvgIpc) is 2.76. The maximum Gasteiger partial charge on any atom is 0.331 e. The van der Waals surface area contributed by atoms with Crippen LogP contribution in [-0.2, 0) is 9.53 Å². The molecule has 0 aromatic heterocycles. The lowest BCUT2D eigenvalue weighted by atomic mass is 9.96. The van der Waals surface area contributed by atoms with Crippen LogP contribution in [-0.4, -0.2) is 18.4 Å². The molecule has 0 radical (unpaired) electrons. The van der Waals surface area contributed by atoms with Crippen molar-refractivity contribution in [1.82, 2.24) is 0 Å². The minimum Gasteiger partial charge on any atom is -0.458 e. The molecule has 3 aromatic rings. The van der Waals surface area contributed by atoms with E-state index in [1.807, 2.05) is 60.7 Å². The van der Waals surface area contributed by atoms with Gasteiger partial charge in [-0.25, -0.2) is 4.79 Å². The molecule has 0 fully saturated rings. The van der Waals surface area contributed by atoms with Gasteiger partial charge in [0.05, 0.1) is 0 Å². The number of benzene rings is 3. The number of Topliss-reactive ketones (excluding diaryl/α,β-unsaturated/α-hetero) is 1. The summed E-state index contributed by atoms with van der Waals surface area (Å²) in [6.45, 7) is 0.131. The van der Waals surface area contributed by atoms with E-state index in [-0.39, 0.29) is 12.4 Å². The Hall–Kier alpha value is -3.72. The molecule has 0 atom stereocenters. The van der Waals surface area contributed by atoms with Gasteiger partial charge in [0.25, 0.3) is 0 Å². The first-order valence-electron chi connectivity index (χ1n) is 8.99. The molecule has 3 rings (SSSR count). The highest BCUT2D eigenvalue weighted by molar-refractivity contribution is 6.31. The van der Waals surface area contributed by atoms with Crippen LogP contribution in [0.2, 0.25) is 0 Å². The second-order valence-corrected chi connectivity index (χ2v) is 6.06. The first kappa shape index (κ1) is 19.1. The summed E-state index contributed by atoms with van der Waals surface area (Å²) in [5.74, 6) is -0.774. The van der Waals surface area contributed by atoms with Crippen LogP contribution in [0.5, 0.6) is 0 Å². The first-order chi connectivity index (χ1) is 13.7. The number of rotatable bonds is 7. The number of carbonyl (C=O) groups excluding carboxylic acids is 2. The molecule has 0 saturated heterocycles. The van der Waals surface area contributed by atoms with E-state index in [0.29, 0.717) is 16.7 Å². The Morgan fingerprint density at radius 2 is 1.25 bits per heavy atom. The van der Waals surface area contributed by atoms with Crippen molar-refractivity contribution in [2.75, 3.05) is 6.61 Å². The van der Waals surface area contributed by atoms with Gasteiger partial charge in [-0.2, -0.15) is 0 Å². The van der Waals surface area contributed by atoms with E-state index in [4.69, 9.17) is 4.74 Å². The molecular weight excluding hydrogens is 348 g/mol. The van der Waals surface area contributed by atoms with Crippen LogP contribution in [0.1, 0.15) is 21.5 Å². The number of hydrogen-bond acceptors (Lipinski definition) is 3. The Morgan fingerprint density at radius 1 is 0.714 bits per heavy atom. The van der Waals surface area contributed by atoms with Crippen LogP contribution in [0, 0.1) is 0 Å². The fraction of sp³-hybridized carbons (Fsp3) is 0.0400. The van der Waals surface area contributed by atoms with Gasteiger partial charge in [0, 0.05) is 17.2 Å². The highest BCUT2D eigenvalue weighted by Crippen LogP contribution is 2.20. The lowest BCUT2D eigenvalue weighted by molar-refractivity contribution is -0.136. The van der Waals surface area contributed by atoms with Gasteiger partial charge in [-0.15, -0.1) is 0 Å². The number of ketones is 1. The molecule has 0 aliphatic carbocycles. The van der Waals surface area contributed by atoms with Gasteiger partial charge in [-0.05, 0) is 17.2 Å². The monoisotopic (exact) mass is 368 g/mol. The quantitative estimate of drug-likeness (QED) is 0.327. The van der Waals surface area contributed by atoms with Gasteiger partial charge in [0.2, 0.25) is 0 Å². The third-order valence-electron chi connectivity index (χ3n) is 4.06. The predicted molar refractivity (Wildman–Crippen MR) is 112 cm³/mol. The van der Waals surface area contributed by atoms with E-state index >= 15 is 0 Å². The molecule has 0 unspecified atom stereocenters. The number of carbonyl (C=O) groups is 2. The van der Waals surface area contributed by atoms with Crippen molar-refractivity contribution in [2.24, 2.45) is 0 Å². The summed E-state index contributed by atoms with van der Waals surface area (Å²) >= 11 is 0. The van der Waals surface area contributed by atoms with Crippen LogP contribution in [0.4, 0.5) is 0 Å². The maximum atomic E-state index is 12.9. The standard InChI is InChI=1S/C25H20O3/c26-24(28-18-10-13-20-11-4-1-5-12-20)19-23(21-14-6-2-7-15-21)25(27)22-16-8-3-9-17-22/h1-17,19H,18H2/b13-10+,23-19-. The number of allylic oxidation sites excluding steroid dienone is 1. The summed E-state index contributed by atoms with van der Waals surface area (Å²) in [5.41, 5.74) is 2.53. The lowest BCUT2D eigenvalue weighted by Gasteiger charge is -2.07. The Morgan fingerprint density at radius 3 is 1.86 bits per heavy atom. The van der Waals surface area contributed by atoms with Gasteiger partial charge in [0.1, 0.15) is 6.61 Å². The SMILES string of the molecule is O=C(/C=C(\C(=O)c1ccccc1)c1ccccc1)OC/C=C/c1ccccc1. The zero-order valence-electron chi connectivity index (χ0n) is 15.3. The molecule has 0 saturated carbocycles. The van der Waals surface area contributed by atoms with Crippen LogP contribution in [0.15, 0.2) is 103 Å². The van der Waals surface area contributed by atoms with Gasteiger partial charge in [0.15, 0.2) is 5.78 Å². The van der Waals surface area contributed by atoms with E-state index in [1.165, 1.54) is 6.08 Å². The molecule has 28 heavy (non-hydrogen) atoms. The largest absolute Gasteiger partial charge is 0.458 e. The molecule has 0 amide bonds. The number of hydrogen-bond donors (Lipinski definition) is 0. The van der Waals surface area contributed by atoms with Crippen LogP contribution in [0.3, 0.4) is 0 Å². The van der Waals surface area contributed by atoms with Gasteiger partial charge >= 0.3 is 5.97 Å². The van der Waals surface area contributed by atoms with E-state index in [9.17, 15) is 9.59 Å². The van der Waals surface area contributed by atoms with E-state index in [1.54, 1.807) is 42.5 Å². The van der Waals surface area contributed by atoms with Crippen molar-refractivity contribution in [3.8, 4) is 0 Å². The smallest absolute Gasteiger partial charge is 0.331 e. The van der Waals surface area contributed by atoms with Crippen molar-refractivity contribution >= 4 is 23.4 Å². The first-order valence-corrected chi connectivity index (χ1v) is 8.99. The topological polar surface area (TPSA) is 43.4 Å². The molecule has 0 aliphatic heterocycles. The molecule has 0 heterocycles. The third-order valence-corrected chi connectivity index (χ3v) is 4.06. The summed E-state index contributed by atoms with van der Waals surface area (Å²) < 4.78 is 5.25. The molecule has 138 valence electrons. The normalized spacial score (nSPS) is 11.4. The number of ether oxygens (including phenoxy) is 1. The van der Waals surface area contributed by atoms with Crippen molar-refractivity contribution < 1.29 is 14.3 Å². The van der Waals surface area contributed by atoms with Crippen molar-refractivity contribution in [2.45, 2.75) is 0 Å². The summed E-state index contributed by atoms with van der Waals surface area (Å²) in [6.07, 6.45) is 4.91. The van der Waals surface area contributed by atoms with Crippen molar-refractivity contribution in [3.05, 3.63) is 120 Å². The average molecular weight is 368 g/mol. The highest BCUT2D eigenvalue weighted by Gasteiger charge is 2.16. The van der Waals surface area contributed by atoms with Crippen LogP contribution >= 0.6 is 0 Å². The Balaban J connectivity index is 1.74. The Labute approximate surface area is 164 Å². The van der Waals surface area contributed by atoms with E-state index < -0.39 is 5.97 Å². The molecule has 0 spiro atoms. The summed E-state index contributed by atoms with van der Waals surface area (Å²) in [6, 6.07) is 27.8. The van der Waals surface area contributed by atoms with Gasteiger partial charge < -0.3 is 4.74 Å². The maximum absolute atomic E-state index is 12.9. The molecule has 3 heteroatoms. The fourth-order valence-corrected chi connectivity index (χ4v) is 2.68. The summed E-state index contributed by atoms with van der Waals surface area (Å²) in [5, 5.41) is 0. The summed E-state index contributed by atoms with van der Waals surface area (Å²) in [7, 11) is 0. The van der Waals surface area contributed by atoms with Crippen LogP contribution in [0.25, 0.3) is 11.6 Å². The zero-order chi connectivity index (χ0) is 19.6. The van der Waals surface area contributed by atoms with Crippen molar-refractivity contribution in [1.29, 1.82) is 0 Å². The molecule has 0 N–H and O–H groups in total. The molecule has 0 bridgehead atoms. The van der Waals surface area contributed by atoms with Crippen molar-refractivity contribution in [3.63, 3.8) is 0 Å². The minimum atomic E-state index is -0.555. The van der Waals surface area contributed by atoms with Crippen LogP contribution < -0.4 is 0 Å². The minimum absolute atomic E-state index is 0.131. The Bertz CT molecular complexity index is 972. The predicted octanol–water partition coefficient (Wildman–Crippen LogP) is 5.21. The highest BCUT2D eigenvalue weighted by atomic mass is 16.5. The third kappa shape index (κ3) is 5.39. The van der Waals surface area contributed by atoms with Gasteiger partial charge in [-0.1, -0.05) is 97.1 Å². The zero-order valence-corrected chi connectivity index (χ0v) is 15.3. The van der Waals surface area contributed by atoms with E-state index in [2.05, 4.69) is 0 Å². The molecule has 0 aliphatic rings. The summed E-state index contributed by atoms with van der Waals surface area (Å²) in [4.78, 5) is 25.2. The van der Waals surface area contributed by atoms with E-state index in [0.717, 1.165) is 5.56 Å². The van der Waals surface area contributed by atoms with Gasteiger partial charge in [-0.3, -0.25) is 4.79 Å². The number of esters is 1. The fourth-order valence-electron chi connectivity index (χ4n) is 2.68. The second kappa shape index (κ2) is 9.83. The molecule has 3 nitrogen and oxygen atoms in total. The lowest BCUT2D eigenvalue weighted by Crippen LogP contribution is -2.08. The molecular formula is C25H20O3. The molecule has 3 aromatic carbocycles. The Kier molecular flexibility index (Phi) is 6.69.